The van der Waals surface area contributed by atoms with E-state index in [4.69, 9.17) is 9.47 Å². The van der Waals surface area contributed by atoms with Crippen LogP contribution in [0.15, 0.2) is 65.6 Å². The summed E-state index contributed by atoms with van der Waals surface area (Å²) >= 11 is 0. The Morgan fingerprint density at radius 1 is 1.09 bits per heavy atom. The molecule has 0 radical (unpaired) electrons. The molecule has 0 N–H and O–H groups in total. The zero-order valence-electron chi connectivity index (χ0n) is 13.1. The highest BCUT2D eigenvalue weighted by atomic mass is 32.2. The van der Waals surface area contributed by atoms with Crippen molar-refractivity contribution in [1.29, 1.82) is 0 Å². The number of aryl methyl sites for hydroxylation is 1. The van der Waals surface area contributed by atoms with Crippen LogP contribution in [0.5, 0.6) is 5.75 Å². The highest BCUT2D eigenvalue weighted by molar-refractivity contribution is 7.86. The summed E-state index contributed by atoms with van der Waals surface area (Å²) in [5.74, 6) is 0.814. The zero-order valence-corrected chi connectivity index (χ0v) is 13.9. The van der Waals surface area contributed by atoms with Crippen LogP contribution in [0.25, 0.3) is 0 Å². The second-order valence-electron chi connectivity index (χ2n) is 6.13. The van der Waals surface area contributed by atoms with Crippen molar-refractivity contribution in [2.24, 2.45) is 0 Å². The summed E-state index contributed by atoms with van der Waals surface area (Å²) in [6, 6.07) is 15.6. The Hall–Kier alpha value is -1.91. The molecule has 0 saturated carbocycles. The van der Waals surface area contributed by atoms with Crippen LogP contribution in [0.3, 0.4) is 0 Å². The highest BCUT2D eigenvalue weighted by Crippen LogP contribution is 2.46. The van der Waals surface area contributed by atoms with Gasteiger partial charge in [0.2, 0.25) is 6.29 Å². The number of rotatable bonds is 2. The molecule has 2 aliphatic rings. The van der Waals surface area contributed by atoms with Crippen molar-refractivity contribution in [1.82, 2.24) is 0 Å². The Morgan fingerprint density at radius 2 is 1.87 bits per heavy atom. The SMILES string of the molecule is Cc1ccc2c(c1)C1(C)OC(C=CC1S(=O)c1ccccc1)O2. The maximum atomic E-state index is 13.1. The minimum Gasteiger partial charge on any atom is -0.461 e. The van der Waals surface area contributed by atoms with Crippen LogP contribution >= 0.6 is 0 Å². The lowest BCUT2D eigenvalue weighted by molar-refractivity contribution is -0.169. The Labute approximate surface area is 138 Å². The Bertz CT molecular complexity index is 800. The van der Waals surface area contributed by atoms with E-state index in [0.717, 1.165) is 21.8 Å². The summed E-state index contributed by atoms with van der Waals surface area (Å²) in [7, 11) is -1.20. The van der Waals surface area contributed by atoms with Crippen molar-refractivity contribution in [3.63, 3.8) is 0 Å². The summed E-state index contributed by atoms with van der Waals surface area (Å²) in [6.45, 7) is 4.05. The van der Waals surface area contributed by atoms with Crippen LogP contribution in [0.1, 0.15) is 18.1 Å². The average Bonchev–Trinajstić information content (AvgIpc) is 2.56. The number of ether oxygens (including phenoxy) is 2. The van der Waals surface area contributed by atoms with E-state index >= 15 is 0 Å². The fraction of sp³-hybridized carbons (Fsp3) is 0.263. The molecule has 4 atom stereocenters. The summed E-state index contributed by atoms with van der Waals surface area (Å²) in [4.78, 5) is 0.811. The molecule has 4 rings (SSSR count). The molecule has 0 aliphatic carbocycles. The second-order valence-corrected chi connectivity index (χ2v) is 7.70. The van der Waals surface area contributed by atoms with E-state index in [1.807, 2.05) is 68.5 Å². The number of hydrogen-bond acceptors (Lipinski definition) is 3. The lowest BCUT2D eigenvalue weighted by Gasteiger charge is -2.45. The number of fused-ring (bicyclic) bond motifs is 4. The zero-order chi connectivity index (χ0) is 16.0. The van der Waals surface area contributed by atoms with Gasteiger partial charge in [0.05, 0.1) is 16.0 Å². The predicted molar refractivity (Wildman–Crippen MR) is 89.8 cm³/mol. The Balaban J connectivity index is 1.83. The molecule has 118 valence electrons. The maximum Gasteiger partial charge on any atom is 0.220 e. The maximum absolute atomic E-state index is 13.1. The molecule has 0 fully saturated rings. The predicted octanol–water partition coefficient (Wildman–Crippen LogP) is 3.69. The van der Waals surface area contributed by atoms with Crippen LogP contribution in [0, 0.1) is 6.92 Å². The van der Waals surface area contributed by atoms with E-state index in [1.54, 1.807) is 0 Å². The van der Waals surface area contributed by atoms with Gasteiger partial charge in [0, 0.05) is 10.5 Å². The quantitative estimate of drug-likeness (QED) is 0.790. The topological polar surface area (TPSA) is 35.5 Å². The van der Waals surface area contributed by atoms with Crippen LogP contribution in [0.2, 0.25) is 0 Å². The van der Waals surface area contributed by atoms with Gasteiger partial charge in [-0.2, -0.15) is 0 Å². The van der Waals surface area contributed by atoms with Gasteiger partial charge in [-0.05, 0) is 44.2 Å². The Kier molecular flexibility index (Phi) is 3.39. The highest BCUT2D eigenvalue weighted by Gasteiger charge is 2.48. The third-order valence-corrected chi connectivity index (χ3v) is 6.27. The summed E-state index contributed by atoms with van der Waals surface area (Å²) in [5.41, 5.74) is 1.43. The molecular formula is C19H18O3S. The van der Waals surface area contributed by atoms with Gasteiger partial charge in [-0.15, -0.1) is 0 Å². The van der Waals surface area contributed by atoms with Gasteiger partial charge in [0.25, 0.3) is 0 Å². The molecule has 4 unspecified atom stereocenters. The molecule has 0 saturated heterocycles. The molecule has 0 amide bonds. The van der Waals surface area contributed by atoms with Crippen LogP contribution < -0.4 is 4.74 Å². The first kappa shape index (κ1) is 14.7. The fourth-order valence-electron chi connectivity index (χ4n) is 3.24. The lowest BCUT2D eigenvalue weighted by Crippen LogP contribution is -2.50. The van der Waals surface area contributed by atoms with E-state index in [-0.39, 0.29) is 5.25 Å². The normalized spacial score (nSPS) is 29.5. The van der Waals surface area contributed by atoms with Crippen molar-refractivity contribution in [2.45, 2.75) is 35.9 Å². The van der Waals surface area contributed by atoms with Crippen molar-refractivity contribution in [3.05, 3.63) is 71.8 Å². The third kappa shape index (κ3) is 2.33. The molecular weight excluding hydrogens is 308 g/mol. The third-order valence-electron chi connectivity index (χ3n) is 4.47. The van der Waals surface area contributed by atoms with E-state index in [2.05, 4.69) is 6.07 Å². The summed E-state index contributed by atoms with van der Waals surface area (Å²) in [5, 5.41) is -0.259. The molecule has 2 aromatic carbocycles. The van der Waals surface area contributed by atoms with Gasteiger partial charge in [-0.1, -0.05) is 35.9 Å². The van der Waals surface area contributed by atoms with Gasteiger partial charge < -0.3 is 9.47 Å². The molecule has 2 heterocycles. The molecule has 4 heteroatoms. The number of hydrogen-bond donors (Lipinski definition) is 0. The number of benzene rings is 2. The smallest absolute Gasteiger partial charge is 0.220 e. The molecule has 2 bridgehead atoms. The minimum atomic E-state index is -1.20. The van der Waals surface area contributed by atoms with Crippen molar-refractivity contribution < 1.29 is 13.7 Å². The minimum absolute atomic E-state index is 0.259. The van der Waals surface area contributed by atoms with E-state index in [1.165, 1.54) is 0 Å². The monoisotopic (exact) mass is 326 g/mol. The lowest BCUT2D eigenvalue weighted by atomic mass is 9.87. The molecule has 0 aromatic heterocycles. The molecule has 3 nitrogen and oxygen atoms in total. The molecule has 23 heavy (non-hydrogen) atoms. The first-order chi connectivity index (χ1) is 11.1. The molecule has 2 aliphatic heterocycles. The van der Waals surface area contributed by atoms with Gasteiger partial charge in [0.15, 0.2) is 0 Å². The first-order valence-corrected chi connectivity index (χ1v) is 8.89. The standard InChI is InChI=1S/C19H18O3S/c1-13-8-9-16-15(12-13)19(2)17(10-11-18(21-16)22-19)23(20)14-6-4-3-5-7-14/h3-12,17-18H,1-2H3. The van der Waals surface area contributed by atoms with Crippen molar-refractivity contribution >= 4 is 10.8 Å². The van der Waals surface area contributed by atoms with Crippen LogP contribution in [-0.2, 0) is 21.1 Å². The van der Waals surface area contributed by atoms with Gasteiger partial charge in [0.1, 0.15) is 11.4 Å². The van der Waals surface area contributed by atoms with E-state index in [9.17, 15) is 4.21 Å². The summed E-state index contributed by atoms with van der Waals surface area (Å²) in [6.07, 6.45) is 3.41. The van der Waals surface area contributed by atoms with Crippen molar-refractivity contribution in [3.8, 4) is 5.75 Å². The average molecular weight is 326 g/mol. The fourth-order valence-corrected chi connectivity index (χ4v) is 4.78. The van der Waals surface area contributed by atoms with Crippen molar-refractivity contribution in [2.75, 3.05) is 0 Å². The first-order valence-electron chi connectivity index (χ1n) is 7.67. The largest absolute Gasteiger partial charge is 0.461 e. The molecule has 0 spiro atoms. The van der Waals surface area contributed by atoms with Gasteiger partial charge in [-0.25, -0.2) is 0 Å². The van der Waals surface area contributed by atoms with E-state index < -0.39 is 22.7 Å². The second kappa shape index (κ2) is 5.32. The summed E-state index contributed by atoms with van der Waals surface area (Å²) < 4.78 is 25.1. The van der Waals surface area contributed by atoms with Gasteiger partial charge in [-0.3, -0.25) is 4.21 Å². The van der Waals surface area contributed by atoms with Crippen LogP contribution in [0.4, 0.5) is 0 Å². The van der Waals surface area contributed by atoms with Crippen LogP contribution in [-0.4, -0.2) is 15.7 Å². The van der Waals surface area contributed by atoms with E-state index in [0.29, 0.717) is 0 Å². The molecule has 2 aromatic rings. The van der Waals surface area contributed by atoms with Gasteiger partial charge >= 0.3 is 0 Å². The Morgan fingerprint density at radius 3 is 2.65 bits per heavy atom.